The molecule has 0 unspecified atom stereocenters. The molecule has 0 aromatic heterocycles. The number of hydrogen-bond acceptors (Lipinski definition) is 2. The minimum Gasteiger partial charge on any atom is -0.466 e. The van der Waals surface area contributed by atoms with Gasteiger partial charge < -0.3 is 4.74 Å². The van der Waals surface area contributed by atoms with Crippen LogP contribution in [0.5, 0.6) is 0 Å². The van der Waals surface area contributed by atoms with Crippen LogP contribution in [0.15, 0.2) is 12.1 Å². The number of halogens is 2. The number of esters is 1. The van der Waals surface area contributed by atoms with Crippen LogP contribution in [-0.2, 0) is 16.0 Å². The van der Waals surface area contributed by atoms with Gasteiger partial charge in [-0.3, -0.25) is 4.79 Å². The normalized spacial score (nSPS) is 10.1. The number of ether oxygens (including phenoxy) is 1. The third-order valence-corrected chi connectivity index (χ3v) is 2.53. The maximum atomic E-state index is 13.3. The smallest absolute Gasteiger partial charge is 0.310 e. The number of carbonyl (C=O) groups is 1. The van der Waals surface area contributed by atoms with Crippen molar-refractivity contribution in [2.24, 2.45) is 0 Å². The third-order valence-electron chi connectivity index (χ3n) is 2.01. The topological polar surface area (TPSA) is 26.3 Å². The van der Waals surface area contributed by atoms with E-state index in [0.717, 1.165) is 5.56 Å². The van der Waals surface area contributed by atoms with Crippen molar-refractivity contribution in [2.75, 3.05) is 6.61 Å². The van der Waals surface area contributed by atoms with Crippen molar-refractivity contribution >= 4 is 17.6 Å². The fourth-order valence-corrected chi connectivity index (χ4v) is 1.45. The molecule has 4 heteroatoms. The van der Waals surface area contributed by atoms with Crippen LogP contribution < -0.4 is 0 Å². The summed E-state index contributed by atoms with van der Waals surface area (Å²) in [7, 11) is 0. The Hall–Kier alpha value is -1.09. The summed E-state index contributed by atoms with van der Waals surface area (Å²) in [6.45, 7) is 3.74. The monoisotopic (exact) mass is 230 g/mol. The number of hydrogen-bond donors (Lipinski definition) is 0. The van der Waals surface area contributed by atoms with Crippen LogP contribution >= 0.6 is 11.6 Å². The lowest BCUT2D eigenvalue weighted by Crippen LogP contribution is -2.09. The largest absolute Gasteiger partial charge is 0.466 e. The highest BCUT2D eigenvalue weighted by Crippen LogP contribution is 2.24. The maximum Gasteiger partial charge on any atom is 0.310 e. The van der Waals surface area contributed by atoms with Gasteiger partial charge in [0.1, 0.15) is 5.82 Å². The van der Waals surface area contributed by atoms with E-state index in [1.807, 2.05) is 0 Å². The van der Waals surface area contributed by atoms with Gasteiger partial charge >= 0.3 is 5.97 Å². The van der Waals surface area contributed by atoms with Crippen LogP contribution in [-0.4, -0.2) is 12.6 Å². The Labute approximate surface area is 93.0 Å². The first kappa shape index (κ1) is 12.0. The molecule has 1 rings (SSSR count). The summed E-state index contributed by atoms with van der Waals surface area (Å²) < 4.78 is 18.1. The fourth-order valence-electron chi connectivity index (χ4n) is 1.23. The van der Waals surface area contributed by atoms with Gasteiger partial charge in [0.05, 0.1) is 18.1 Å². The molecule has 0 heterocycles. The van der Waals surface area contributed by atoms with Gasteiger partial charge in [-0.1, -0.05) is 17.7 Å². The van der Waals surface area contributed by atoms with Crippen molar-refractivity contribution < 1.29 is 13.9 Å². The molecule has 0 aliphatic rings. The van der Waals surface area contributed by atoms with E-state index < -0.39 is 11.8 Å². The van der Waals surface area contributed by atoms with E-state index in [9.17, 15) is 9.18 Å². The first-order chi connectivity index (χ1) is 7.06. The van der Waals surface area contributed by atoms with E-state index in [1.165, 1.54) is 6.07 Å². The Morgan fingerprint density at radius 3 is 2.80 bits per heavy atom. The summed E-state index contributed by atoms with van der Waals surface area (Å²) in [5, 5.41) is 0.294. The summed E-state index contributed by atoms with van der Waals surface area (Å²) in [5.41, 5.74) is 0.951. The quantitative estimate of drug-likeness (QED) is 0.747. The average molecular weight is 231 g/mol. The number of carbonyl (C=O) groups excluding carboxylic acids is 1. The van der Waals surface area contributed by atoms with Gasteiger partial charge in [0.25, 0.3) is 0 Å². The second-order valence-electron chi connectivity index (χ2n) is 3.14. The molecule has 2 nitrogen and oxygen atoms in total. The van der Waals surface area contributed by atoms with Gasteiger partial charge in [-0.05, 0) is 25.5 Å². The molecule has 0 amide bonds. The van der Waals surface area contributed by atoms with E-state index in [4.69, 9.17) is 16.3 Å². The molecular formula is C11H12ClFO2. The lowest BCUT2D eigenvalue weighted by Gasteiger charge is -2.07. The molecule has 0 saturated heterocycles. The lowest BCUT2D eigenvalue weighted by atomic mass is 10.1. The van der Waals surface area contributed by atoms with Crippen LogP contribution in [0.2, 0.25) is 5.02 Å². The highest BCUT2D eigenvalue weighted by atomic mass is 35.5. The molecule has 0 saturated carbocycles. The molecule has 0 aliphatic heterocycles. The first-order valence-electron chi connectivity index (χ1n) is 4.65. The number of benzene rings is 1. The predicted molar refractivity (Wildman–Crippen MR) is 56.5 cm³/mol. The Morgan fingerprint density at radius 2 is 2.20 bits per heavy atom. The zero-order valence-electron chi connectivity index (χ0n) is 8.64. The highest BCUT2D eigenvalue weighted by Gasteiger charge is 2.14. The Bertz CT molecular complexity index is 377. The molecule has 15 heavy (non-hydrogen) atoms. The second-order valence-corrected chi connectivity index (χ2v) is 3.52. The lowest BCUT2D eigenvalue weighted by molar-refractivity contribution is -0.142. The van der Waals surface area contributed by atoms with Gasteiger partial charge in [-0.2, -0.15) is 0 Å². The van der Waals surface area contributed by atoms with Crippen LogP contribution in [0.1, 0.15) is 18.1 Å². The maximum absolute atomic E-state index is 13.3. The van der Waals surface area contributed by atoms with Crippen molar-refractivity contribution in [1.29, 1.82) is 0 Å². The van der Waals surface area contributed by atoms with E-state index in [1.54, 1.807) is 19.9 Å². The summed E-state index contributed by atoms with van der Waals surface area (Å²) in [5.74, 6) is -0.942. The molecule has 0 fully saturated rings. The third kappa shape index (κ3) is 2.93. The van der Waals surface area contributed by atoms with E-state index in [0.29, 0.717) is 5.02 Å². The SMILES string of the molecule is CCOC(=O)Cc1c(F)ccc(C)c1Cl. The summed E-state index contributed by atoms with van der Waals surface area (Å²) in [6, 6.07) is 2.88. The van der Waals surface area contributed by atoms with Crippen LogP contribution in [0, 0.1) is 12.7 Å². The van der Waals surface area contributed by atoms with Crippen molar-refractivity contribution in [2.45, 2.75) is 20.3 Å². The van der Waals surface area contributed by atoms with Gasteiger partial charge in [0.15, 0.2) is 0 Å². The summed E-state index contributed by atoms with van der Waals surface area (Å²) in [4.78, 5) is 11.2. The summed E-state index contributed by atoms with van der Waals surface area (Å²) in [6.07, 6.45) is -0.125. The number of aryl methyl sites for hydroxylation is 1. The van der Waals surface area contributed by atoms with E-state index >= 15 is 0 Å². The fraction of sp³-hybridized carbons (Fsp3) is 0.364. The van der Waals surface area contributed by atoms with Gasteiger partial charge in [-0.25, -0.2) is 4.39 Å². The summed E-state index contributed by atoms with van der Waals surface area (Å²) >= 11 is 5.89. The van der Waals surface area contributed by atoms with Crippen LogP contribution in [0.3, 0.4) is 0 Å². The molecule has 82 valence electrons. The molecule has 0 radical (unpaired) electrons. The zero-order chi connectivity index (χ0) is 11.4. The molecule has 1 aromatic carbocycles. The highest BCUT2D eigenvalue weighted by molar-refractivity contribution is 6.32. The Balaban J connectivity index is 2.93. The van der Waals surface area contributed by atoms with Crippen molar-refractivity contribution in [3.05, 3.63) is 34.1 Å². The molecular weight excluding hydrogens is 219 g/mol. The van der Waals surface area contributed by atoms with E-state index in [2.05, 4.69) is 0 Å². The minimum atomic E-state index is -0.473. The average Bonchev–Trinajstić information content (AvgIpc) is 2.19. The zero-order valence-corrected chi connectivity index (χ0v) is 9.40. The van der Waals surface area contributed by atoms with Gasteiger partial charge in [0, 0.05) is 5.56 Å². The molecule has 0 bridgehead atoms. The second kappa shape index (κ2) is 5.12. The Kier molecular flexibility index (Phi) is 4.09. The first-order valence-corrected chi connectivity index (χ1v) is 5.03. The standard InChI is InChI=1S/C11H12ClFO2/c1-3-15-10(14)6-8-9(13)5-4-7(2)11(8)12/h4-5H,3,6H2,1-2H3. The minimum absolute atomic E-state index is 0.125. The molecule has 0 spiro atoms. The van der Waals surface area contributed by atoms with Gasteiger partial charge in [0.2, 0.25) is 0 Å². The molecule has 1 aromatic rings. The Morgan fingerprint density at radius 1 is 1.53 bits per heavy atom. The molecule has 0 aliphatic carbocycles. The van der Waals surface area contributed by atoms with Crippen LogP contribution in [0.4, 0.5) is 4.39 Å². The molecule has 0 atom stereocenters. The van der Waals surface area contributed by atoms with E-state index in [-0.39, 0.29) is 18.6 Å². The molecule has 0 N–H and O–H groups in total. The van der Waals surface area contributed by atoms with Gasteiger partial charge in [-0.15, -0.1) is 0 Å². The van der Waals surface area contributed by atoms with Crippen LogP contribution in [0.25, 0.3) is 0 Å². The predicted octanol–water partition coefficient (Wildman–Crippen LogP) is 2.89. The van der Waals surface area contributed by atoms with Crippen molar-refractivity contribution in [3.63, 3.8) is 0 Å². The van der Waals surface area contributed by atoms with Crippen molar-refractivity contribution in [1.82, 2.24) is 0 Å². The number of rotatable bonds is 3. The van der Waals surface area contributed by atoms with Crippen molar-refractivity contribution in [3.8, 4) is 0 Å².